The summed E-state index contributed by atoms with van der Waals surface area (Å²) in [6, 6.07) is 31.3. The number of thiazole rings is 1. The van der Waals surface area contributed by atoms with Crippen molar-refractivity contribution in [2.45, 2.75) is 50.7 Å². The molecule has 1 aromatic heterocycles. The summed E-state index contributed by atoms with van der Waals surface area (Å²) >= 11 is 4.79. The lowest BCUT2D eigenvalue weighted by Crippen LogP contribution is -2.47. The number of likely N-dealkylation sites (N-methyl/N-ethyl adjacent to an activating group) is 2. The zero-order chi connectivity index (χ0) is 47.7. The predicted octanol–water partition coefficient (Wildman–Crippen LogP) is 7.25. The number of halogens is 1. The average Bonchev–Trinajstić information content (AvgIpc) is 4.09. The third-order valence-electron chi connectivity index (χ3n) is 11.7. The van der Waals surface area contributed by atoms with Crippen molar-refractivity contribution < 1.29 is 33.4 Å². The molecule has 1 aliphatic carbocycles. The van der Waals surface area contributed by atoms with E-state index in [-0.39, 0.29) is 36.6 Å². The van der Waals surface area contributed by atoms with E-state index >= 15 is 0 Å². The van der Waals surface area contributed by atoms with Crippen LogP contribution in [0, 0.1) is 0 Å². The molecule has 1 saturated carbocycles. The van der Waals surface area contributed by atoms with Crippen LogP contribution in [0.15, 0.2) is 113 Å². The summed E-state index contributed by atoms with van der Waals surface area (Å²) < 4.78 is 18.6. The molecule has 17 heteroatoms. The van der Waals surface area contributed by atoms with Gasteiger partial charge in [-0.25, -0.2) is 9.78 Å². The number of aryl methyl sites for hydroxylation is 1. The molecule has 4 aromatic carbocycles. The molecule has 1 atom stereocenters. The van der Waals surface area contributed by atoms with Gasteiger partial charge >= 0.3 is 6.03 Å². The number of nitrogens with one attached hydrogen (secondary N) is 3. The van der Waals surface area contributed by atoms with E-state index in [9.17, 15) is 19.2 Å². The van der Waals surface area contributed by atoms with Crippen LogP contribution >= 0.6 is 27.3 Å². The SMILES string of the molecule is CN(CCOCCOc1ccc(CCC(=O)N(C2CC2)C(C(=O)NCc2ccccc2)c2ccc(Br)cc2)cc1)CCOc1ccc(NC(=O)Nc2nc(CC(=O)N3CCN(C)CC3)cs2)cc1. The molecule has 1 aliphatic heterocycles. The first-order valence-electron chi connectivity index (χ1n) is 23.1. The summed E-state index contributed by atoms with van der Waals surface area (Å²) in [6.07, 6.45) is 2.82. The van der Waals surface area contributed by atoms with Gasteiger partial charge in [-0.05, 0) is 98.6 Å². The van der Waals surface area contributed by atoms with Gasteiger partial charge in [-0.15, -0.1) is 11.3 Å². The molecule has 7 rings (SSSR count). The van der Waals surface area contributed by atoms with Crippen LogP contribution < -0.4 is 25.4 Å². The fraction of sp³-hybridized carbons (Fsp3) is 0.392. The molecule has 360 valence electrons. The summed E-state index contributed by atoms with van der Waals surface area (Å²) in [5.41, 5.74) is 4.06. The molecular weight excluding hydrogens is 949 g/mol. The zero-order valence-electron chi connectivity index (χ0n) is 38.7. The molecule has 1 saturated heterocycles. The lowest BCUT2D eigenvalue weighted by Gasteiger charge is -2.32. The highest BCUT2D eigenvalue weighted by atomic mass is 79.9. The number of anilines is 2. The number of urea groups is 1. The number of nitrogens with zero attached hydrogens (tertiary/aromatic N) is 5. The topological polar surface area (TPSA) is 158 Å². The van der Waals surface area contributed by atoms with Crippen molar-refractivity contribution in [2.24, 2.45) is 0 Å². The van der Waals surface area contributed by atoms with Gasteiger partial charge in [0.2, 0.25) is 17.7 Å². The summed E-state index contributed by atoms with van der Waals surface area (Å²) in [5, 5.41) is 10.9. The summed E-state index contributed by atoms with van der Waals surface area (Å²) in [4.78, 5) is 65.4. The van der Waals surface area contributed by atoms with Crippen LogP contribution in [0.2, 0.25) is 0 Å². The third-order valence-corrected chi connectivity index (χ3v) is 13.1. The molecule has 2 aliphatic rings. The number of ether oxygens (including phenoxy) is 3. The first kappa shape index (κ1) is 50.0. The van der Waals surface area contributed by atoms with Gasteiger partial charge in [-0.3, -0.25) is 19.7 Å². The Morgan fingerprint density at radius 1 is 0.794 bits per heavy atom. The van der Waals surface area contributed by atoms with E-state index in [4.69, 9.17) is 14.2 Å². The van der Waals surface area contributed by atoms with Gasteiger partial charge in [-0.1, -0.05) is 70.5 Å². The van der Waals surface area contributed by atoms with E-state index in [1.807, 2.05) is 90.8 Å². The largest absolute Gasteiger partial charge is 0.492 e. The van der Waals surface area contributed by atoms with Crippen molar-refractivity contribution in [3.63, 3.8) is 0 Å². The van der Waals surface area contributed by atoms with Crippen molar-refractivity contribution >= 4 is 61.8 Å². The minimum absolute atomic E-state index is 0.0369. The number of carbonyl (C=O) groups is 4. The first-order chi connectivity index (χ1) is 33.1. The minimum Gasteiger partial charge on any atom is -0.492 e. The van der Waals surface area contributed by atoms with E-state index in [0.29, 0.717) is 81.3 Å². The smallest absolute Gasteiger partial charge is 0.325 e. The Morgan fingerprint density at radius 2 is 1.47 bits per heavy atom. The Morgan fingerprint density at radius 3 is 2.18 bits per heavy atom. The molecule has 0 bridgehead atoms. The summed E-state index contributed by atoms with van der Waals surface area (Å²) in [6.45, 7) is 6.85. The van der Waals surface area contributed by atoms with E-state index < -0.39 is 12.1 Å². The molecule has 0 spiro atoms. The van der Waals surface area contributed by atoms with Gasteiger partial charge in [0.1, 0.15) is 30.8 Å². The fourth-order valence-electron chi connectivity index (χ4n) is 7.64. The second-order valence-corrected chi connectivity index (χ2v) is 18.8. The number of benzene rings is 4. The van der Waals surface area contributed by atoms with Crippen molar-refractivity contribution in [1.82, 2.24) is 29.9 Å². The molecule has 2 fully saturated rings. The Hall–Kier alpha value is -5.85. The molecular formula is C51H61BrN8O7S. The molecule has 3 N–H and O–H groups in total. The monoisotopic (exact) mass is 1010 g/mol. The number of rotatable bonds is 24. The van der Waals surface area contributed by atoms with Crippen LogP contribution in [0.4, 0.5) is 15.6 Å². The average molecular weight is 1010 g/mol. The molecule has 68 heavy (non-hydrogen) atoms. The van der Waals surface area contributed by atoms with Crippen LogP contribution in [0.3, 0.4) is 0 Å². The lowest BCUT2D eigenvalue weighted by molar-refractivity contribution is -0.141. The fourth-order valence-corrected chi connectivity index (χ4v) is 8.61. The van der Waals surface area contributed by atoms with Gasteiger partial charge in [0.05, 0.1) is 25.3 Å². The number of hydrogen-bond donors (Lipinski definition) is 3. The van der Waals surface area contributed by atoms with Gasteiger partial charge < -0.3 is 44.4 Å². The van der Waals surface area contributed by atoms with Crippen LogP contribution in [-0.2, 0) is 38.5 Å². The van der Waals surface area contributed by atoms with Gasteiger partial charge in [0.25, 0.3) is 0 Å². The van der Waals surface area contributed by atoms with Crippen LogP contribution in [0.5, 0.6) is 11.5 Å². The van der Waals surface area contributed by atoms with Crippen LogP contribution in [0.1, 0.15) is 47.7 Å². The second kappa shape index (κ2) is 25.5. The van der Waals surface area contributed by atoms with Crippen molar-refractivity contribution in [3.05, 3.63) is 135 Å². The van der Waals surface area contributed by atoms with E-state index in [1.54, 1.807) is 34.5 Å². The number of amides is 5. The molecule has 1 unspecified atom stereocenters. The van der Waals surface area contributed by atoms with Crippen molar-refractivity contribution in [3.8, 4) is 11.5 Å². The number of carbonyl (C=O) groups excluding carboxylic acids is 4. The maximum atomic E-state index is 13.9. The van der Waals surface area contributed by atoms with Gasteiger partial charge in [0.15, 0.2) is 5.13 Å². The number of hydrogen-bond acceptors (Lipinski definition) is 11. The van der Waals surface area contributed by atoms with Crippen LogP contribution in [-0.4, -0.2) is 134 Å². The Labute approximate surface area is 411 Å². The zero-order valence-corrected chi connectivity index (χ0v) is 41.1. The molecule has 5 aromatic rings. The standard InChI is InChI=1S/C51H61BrN8O7S/c1-57-24-26-59(27-25-57)47(62)34-42-36-68-51(55-42)56-50(64)54-41-15-21-45(22-16-41)66-31-29-58(2)28-30-65-32-33-67-44-19-8-37(9-20-44)10-23-46(61)60(43-17-18-43)48(39-11-13-40(52)14-12-39)49(63)53-35-38-6-4-3-5-7-38/h3-9,11-16,19-22,36,43,48H,10,17-18,23-35H2,1-2H3,(H,53,63)(H2,54,55,56,64). The molecule has 2 heterocycles. The van der Waals surface area contributed by atoms with E-state index in [1.165, 1.54) is 11.3 Å². The van der Waals surface area contributed by atoms with E-state index in [0.717, 1.165) is 59.4 Å². The normalized spacial score (nSPS) is 14.3. The second-order valence-electron chi connectivity index (χ2n) is 17.1. The highest BCUT2D eigenvalue weighted by molar-refractivity contribution is 9.10. The van der Waals surface area contributed by atoms with E-state index in [2.05, 4.69) is 53.7 Å². The predicted molar refractivity (Wildman–Crippen MR) is 268 cm³/mol. The highest BCUT2D eigenvalue weighted by Gasteiger charge is 2.41. The molecule has 15 nitrogen and oxygen atoms in total. The minimum atomic E-state index is -0.716. The highest BCUT2D eigenvalue weighted by Crippen LogP contribution is 2.36. The quantitative estimate of drug-likeness (QED) is 0.0538. The first-order valence-corrected chi connectivity index (χ1v) is 24.8. The number of aromatic nitrogens is 1. The van der Waals surface area contributed by atoms with Crippen LogP contribution in [0.25, 0.3) is 0 Å². The maximum Gasteiger partial charge on any atom is 0.325 e. The lowest BCUT2D eigenvalue weighted by atomic mass is 10.0. The van der Waals surface area contributed by atoms with Crippen molar-refractivity contribution in [1.29, 1.82) is 0 Å². The van der Waals surface area contributed by atoms with Crippen molar-refractivity contribution in [2.75, 3.05) is 90.4 Å². The Balaban J connectivity index is 0.745. The molecule has 0 radical (unpaired) electrons. The third kappa shape index (κ3) is 15.9. The number of piperazine rings is 1. The Bertz CT molecular complexity index is 2380. The Kier molecular flexibility index (Phi) is 18.8. The van der Waals surface area contributed by atoms with Gasteiger partial charge in [0, 0.05) is 73.8 Å². The van der Waals surface area contributed by atoms with Gasteiger partial charge in [-0.2, -0.15) is 0 Å². The maximum absolute atomic E-state index is 13.9. The summed E-state index contributed by atoms with van der Waals surface area (Å²) in [5.74, 6) is 1.25. The molecule has 5 amide bonds. The summed E-state index contributed by atoms with van der Waals surface area (Å²) in [7, 11) is 4.06.